The molecule has 1 aliphatic carbocycles. The minimum atomic E-state index is -3.12. The summed E-state index contributed by atoms with van der Waals surface area (Å²) in [7, 11) is -3.12. The second-order valence-corrected chi connectivity index (χ2v) is 9.91. The van der Waals surface area contributed by atoms with Gasteiger partial charge in [0.15, 0.2) is 0 Å². The van der Waals surface area contributed by atoms with E-state index in [4.69, 9.17) is 0 Å². The minimum absolute atomic E-state index is 0.122. The van der Waals surface area contributed by atoms with Gasteiger partial charge in [0.1, 0.15) is 0 Å². The van der Waals surface area contributed by atoms with Crippen LogP contribution in [0, 0.1) is 5.92 Å². The number of hydrogen-bond donors (Lipinski definition) is 0. The van der Waals surface area contributed by atoms with Crippen molar-refractivity contribution >= 4 is 22.0 Å². The maximum atomic E-state index is 12.6. The fraction of sp³-hybridized carbons (Fsp3) is 0.550. The molecule has 1 amide bonds. The van der Waals surface area contributed by atoms with E-state index in [1.54, 1.807) is 0 Å². The molecule has 0 aromatic heterocycles. The van der Waals surface area contributed by atoms with Gasteiger partial charge in [0.05, 0.1) is 11.2 Å². The van der Waals surface area contributed by atoms with Gasteiger partial charge in [0, 0.05) is 45.8 Å². The Labute approximate surface area is 161 Å². The number of rotatable bonds is 6. The first kappa shape index (κ1) is 18.7. The zero-order chi connectivity index (χ0) is 18.9. The van der Waals surface area contributed by atoms with Crippen LogP contribution in [-0.2, 0) is 14.8 Å². The number of hydrogen-bond acceptors (Lipinski definition) is 4. The normalized spacial score (nSPS) is 22.9. The number of piperazine rings is 1. The third kappa shape index (κ3) is 4.25. The van der Waals surface area contributed by atoms with Crippen LogP contribution in [0.2, 0.25) is 0 Å². The topological polar surface area (TPSA) is 60.9 Å². The molecule has 4 rings (SSSR count). The molecule has 146 valence electrons. The van der Waals surface area contributed by atoms with Gasteiger partial charge in [-0.2, -0.15) is 4.31 Å². The molecule has 2 saturated heterocycles. The Bertz CT molecular complexity index is 791. The predicted octanol–water partition coefficient (Wildman–Crippen LogP) is 1.27. The van der Waals surface area contributed by atoms with E-state index in [1.807, 2.05) is 23.1 Å². The highest BCUT2D eigenvalue weighted by Gasteiger charge is 2.47. The van der Waals surface area contributed by atoms with Crippen LogP contribution in [0.25, 0.3) is 6.08 Å². The number of carbonyl (C=O) groups is 1. The molecule has 3 fully saturated rings. The molecule has 0 atom stereocenters. The highest BCUT2D eigenvalue weighted by atomic mass is 32.2. The molecule has 0 unspecified atom stereocenters. The van der Waals surface area contributed by atoms with E-state index in [1.165, 1.54) is 9.87 Å². The summed E-state index contributed by atoms with van der Waals surface area (Å²) < 4.78 is 25.8. The summed E-state index contributed by atoms with van der Waals surface area (Å²) in [6.45, 7) is 4.81. The van der Waals surface area contributed by atoms with Gasteiger partial charge >= 0.3 is 0 Å². The fourth-order valence-electron chi connectivity index (χ4n) is 3.69. The van der Waals surface area contributed by atoms with Crippen LogP contribution in [0.4, 0.5) is 0 Å². The van der Waals surface area contributed by atoms with Crippen molar-refractivity contribution in [3.8, 4) is 0 Å². The van der Waals surface area contributed by atoms with E-state index < -0.39 is 10.0 Å². The van der Waals surface area contributed by atoms with Crippen LogP contribution >= 0.6 is 0 Å². The summed E-state index contributed by atoms with van der Waals surface area (Å²) in [5, 5.41) is -0.180. The first-order valence-corrected chi connectivity index (χ1v) is 11.3. The lowest BCUT2D eigenvalue weighted by molar-refractivity contribution is -0.140. The number of benzene rings is 1. The van der Waals surface area contributed by atoms with Crippen molar-refractivity contribution in [3.63, 3.8) is 0 Å². The average Bonchev–Trinajstić information content (AvgIpc) is 3.47. The molecule has 27 heavy (non-hydrogen) atoms. The van der Waals surface area contributed by atoms with E-state index in [2.05, 4.69) is 29.2 Å². The Balaban J connectivity index is 1.19. The smallest absolute Gasteiger partial charge is 0.228 e. The van der Waals surface area contributed by atoms with E-state index in [0.717, 1.165) is 45.6 Å². The highest BCUT2D eigenvalue weighted by molar-refractivity contribution is 7.90. The van der Waals surface area contributed by atoms with Crippen molar-refractivity contribution in [2.45, 2.75) is 18.1 Å². The number of carbonyl (C=O) groups excluding carboxylic acids is 1. The van der Waals surface area contributed by atoms with Crippen LogP contribution in [0.15, 0.2) is 36.4 Å². The molecular formula is C20H27N3O3S. The van der Waals surface area contributed by atoms with E-state index >= 15 is 0 Å². The SMILES string of the molecule is O=C(C1CN(S(=O)(=O)C2CC2)C1)N1CCN(C/C=C/c2ccccc2)CC1. The summed E-state index contributed by atoms with van der Waals surface area (Å²) in [5.41, 5.74) is 1.20. The van der Waals surface area contributed by atoms with Gasteiger partial charge in [-0.3, -0.25) is 9.69 Å². The van der Waals surface area contributed by atoms with Crippen LogP contribution in [0.1, 0.15) is 18.4 Å². The van der Waals surface area contributed by atoms with Crippen molar-refractivity contribution in [1.82, 2.24) is 14.1 Å². The Hall–Kier alpha value is -1.70. The van der Waals surface area contributed by atoms with Gasteiger partial charge in [-0.1, -0.05) is 42.5 Å². The highest BCUT2D eigenvalue weighted by Crippen LogP contribution is 2.34. The van der Waals surface area contributed by atoms with Crippen molar-refractivity contribution in [2.75, 3.05) is 45.8 Å². The maximum Gasteiger partial charge on any atom is 0.228 e. The summed E-state index contributed by atoms with van der Waals surface area (Å²) in [6.07, 6.45) is 5.84. The monoisotopic (exact) mass is 389 g/mol. The lowest BCUT2D eigenvalue weighted by Gasteiger charge is -2.42. The molecule has 6 nitrogen and oxygen atoms in total. The van der Waals surface area contributed by atoms with Crippen LogP contribution in [0.5, 0.6) is 0 Å². The quantitative estimate of drug-likeness (QED) is 0.735. The summed E-state index contributed by atoms with van der Waals surface area (Å²) in [4.78, 5) is 16.9. The summed E-state index contributed by atoms with van der Waals surface area (Å²) in [5.74, 6) is -0.0280. The Morgan fingerprint density at radius 1 is 1.04 bits per heavy atom. The van der Waals surface area contributed by atoms with Crippen LogP contribution in [-0.4, -0.2) is 79.5 Å². The average molecular weight is 390 g/mol. The number of amides is 1. The molecule has 0 radical (unpaired) electrons. The number of sulfonamides is 1. The van der Waals surface area contributed by atoms with Gasteiger partial charge in [-0.25, -0.2) is 8.42 Å². The van der Waals surface area contributed by atoms with E-state index in [0.29, 0.717) is 13.1 Å². The molecule has 0 spiro atoms. The molecule has 7 heteroatoms. The minimum Gasteiger partial charge on any atom is -0.340 e. The van der Waals surface area contributed by atoms with Crippen molar-refractivity contribution < 1.29 is 13.2 Å². The maximum absolute atomic E-state index is 12.6. The third-order valence-corrected chi connectivity index (χ3v) is 7.99. The lowest BCUT2D eigenvalue weighted by atomic mass is 10.0. The predicted molar refractivity (Wildman–Crippen MR) is 106 cm³/mol. The second kappa shape index (κ2) is 7.73. The standard InChI is InChI=1S/C20H27N3O3S/c24-20(18-15-23(16-18)27(25,26)19-8-9-19)22-13-11-21(12-14-22)10-4-7-17-5-2-1-3-6-17/h1-7,18-19H,8-16H2/b7-4+. The first-order valence-electron chi connectivity index (χ1n) is 9.76. The van der Waals surface area contributed by atoms with Crippen LogP contribution < -0.4 is 0 Å². The van der Waals surface area contributed by atoms with Crippen molar-refractivity contribution in [1.29, 1.82) is 0 Å². The van der Waals surface area contributed by atoms with Gasteiger partial charge in [-0.05, 0) is 18.4 Å². The third-order valence-electron chi connectivity index (χ3n) is 5.66. The molecule has 0 N–H and O–H groups in total. The molecule has 1 aromatic rings. The largest absolute Gasteiger partial charge is 0.340 e. The van der Waals surface area contributed by atoms with E-state index in [9.17, 15) is 13.2 Å². The lowest BCUT2D eigenvalue weighted by Crippen LogP contribution is -2.59. The van der Waals surface area contributed by atoms with Gasteiger partial charge in [0.25, 0.3) is 0 Å². The molecule has 0 bridgehead atoms. The molecule has 2 heterocycles. The number of nitrogens with zero attached hydrogens (tertiary/aromatic N) is 3. The fourth-order valence-corrected chi connectivity index (χ4v) is 5.62. The van der Waals surface area contributed by atoms with Crippen LogP contribution in [0.3, 0.4) is 0 Å². The van der Waals surface area contributed by atoms with Crippen molar-refractivity contribution in [2.24, 2.45) is 5.92 Å². The van der Waals surface area contributed by atoms with Gasteiger partial charge < -0.3 is 4.90 Å². The second-order valence-electron chi connectivity index (χ2n) is 7.70. The summed E-state index contributed by atoms with van der Waals surface area (Å²) in [6, 6.07) is 10.2. The molecular weight excluding hydrogens is 362 g/mol. The Morgan fingerprint density at radius 3 is 2.33 bits per heavy atom. The van der Waals surface area contributed by atoms with E-state index in [-0.39, 0.29) is 17.1 Å². The zero-order valence-electron chi connectivity index (χ0n) is 15.5. The molecule has 3 aliphatic rings. The summed E-state index contributed by atoms with van der Waals surface area (Å²) >= 11 is 0. The molecule has 2 aliphatic heterocycles. The molecule has 1 saturated carbocycles. The first-order chi connectivity index (χ1) is 13.0. The van der Waals surface area contributed by atoms with Gasteiger partial charge in [-0.15, -0.1) is 0 Å². The Kier molecular flexibility index (Phi) is 5.34. The molecule has 1 aromatic carbocycles. The zero-order valence-corrected chi connectivity index (χ0v) is 16.4. The van der Waals surface area contributed by atoms with Gasteiger partial charge in [0.2, 0.25) is 15.9 Å². The van der Waals surface area contributed by atoms with Crippen molar-refractivity contribution in [3.05, 3.63) is 42.0 Å². The Morgan fingerprint density at radius 2 is 1.70 bits per heavy atom.